The van der Waals surface area contributed by atoms with Crippen LogP contribution in [-0.2, 0) is 17.7 Å². The zero-order valence-electron chi connectivity index (χ0n) is 17.5. The molecule has 0 atom stereocenters. The summed E-state index contributed by atoms with van der Waals surface area (Å²) in [6, 6.07) is 14.4. The summed E-state index contributed by atoms with van der Waals surface area (Å²) in [7, 11) is 0. The van der Waals surface area contributed by atoms with Crippen molar-refractivity contribution in [2.45, 2.75) is 38.6 Å². The van der Waals surface area contributed by atoms with Gasteiger partial charge in [0.2, 0.25) is 0 Å². The van der Waals surface area contributed by atoms with E-state index in [4.69, 9.17) is 21.3 Å². The summed E-state index contributed by atoms with van der Waals surface area (Å²) >= 11 is 6.45. The lowest BCUT2D eigenvalue weighted by atomic mass is 9.93. The molecule has 0 spiro atoms. The van der Waals surface area contributed by atoms with Crippen molar-refractivity contribution in [1.29, 1.82) is 0 Å². The lowest BCUT2D eigenvalue weighted by molar-refractivity contribution is 0.0633. The number of hydrogen-bond acceptors (Lipinski definition) is 4. The Morgan fingerprint density at radius 1 is 1.10 bits per heavy atom. The van der Waals surface area contributed by atoms with Gasteiger partial charge in [-0.2, -0.15) is 0 Å². The molecule has 0 bridgehead atoms. The van der Waals surface area contributed by atoms with Crippen molar-refractivity contribution in [3.05, 3.63) is 76.8 Å². The van der Waals surface area contributed by atoms with Crippen molar-refractivity contribution in [2.24, 2.45) is 5.92 Å². The highest BCUT2D eigenvalue weighted by Crippen LogP contribution is 2.28. The largest absolute Gasteiger partial charge is 0.381 e. The molecule has 1 saturated heterocycles. The summed E-state index contributed by atoms with van der Waals surface area (Å²) in [5.41, 5.74) is 3.57. The number of aromatic nitrogens is 2. The average molecular weight is 440 g/mol. The third-order valence-electron chi connectivity index (χ3n) is 5.69. The SMILES string of the molecule is Fc1cccc(CNc2cccc(-c3cc(CCCC4CCOCC4)ncc3Cl)n2)c1. The Kier molecular flexibility index (Phi) is 7.49. The Balaban J connectivity index is 1.41. The highest BCUT2D eigenvalue weighted by molar-refractivity contribution is 6.33. The fourth-order valence-electron chi connectivity index (χ4n) is 3.94. The van der Waals surface area contributed by atoms with Crippen molar-refractivity contribution in [1.82, 2.24) is 9.97 Å². The number of nitrogens with one attached hydrogen (secondary N) is 1. The van der Waals surface area contributed by atoms with Gasteiger partial charge in [-0.1, -0.05) is 29.8 Å². The fraction of sp³-hybridized carbons (Fsp3) is 0.360. The van der Waals surface area contributed by atoms with Crippen molar-refractivity contribution < 1.29 is 9.13 Å². The molecule has 3 aromatic rings. The maximum Gasteiger partial charge on any atom is 0.126 e. The normalized spacial score (nSPS) is 14.5. The zero-order chi connectivity index (χ0) is 21.5. The fourth-order valence-corrected chi connectivity index (χ4v) is 4.14. The predicted molar refractivity (Wildman–Crippen MR) is 123 cm³/mol. The molecule has 2 aromatic heterocycles. The van der Waals surface area contributed by atoms with Gasteiger partial charge in [0.05, 0.1) is 10.7 Å². The molecule has 0 aliphatic carbocycles. The van der Waals surface area contributed by atoms with E-state index in [1.165, 1.54) is 31.4 Å². The van der Waals surface area contributed by atoms with Crippen LogP contribution < -0.4 is 5.32 Å². The smallest absolute Gasteiger partial charge is 0.126 e. The van der Waals surface area contributed by atoms with Gasteiger partial charge in [-0.25, -0.2) is 9.37 Å². The predicted octanol–water partition coefficient (Wildman–Crippen LogP) is 6.30. The maximum absolute atomic E-state index is 13.4. The summed E-state index contributed by atoms with van der Waals surface area (Å²) in [6.45, 7) is 2.28. The number of pyridine rings is 2. The van der Waals surface area contributed by atoms with Gasteiger partial charge in [-0.3, -0.25) is 4.98 Å². The minimum atomic E-state index is -0.242. The molecule has 0 amide bonds. The van der Waals surface area contributed by atoms with Gasteiger partial charge in [-0.05, 0) is 73.9 Å². The molecule has 3 heterocycles. The van der Waals surface area contributed by atoms with E-state index < -0.39 is 0 Å². The van der Waals surface area contributed by atoms with Gasteiger partial charge in [-0.15, -0.1) is 0 Å². The Hall–Kier alpha value is -2.50. The van der Waals surface area contributed by atoms with E-state index in [9.17, 15) is 4.39 Å². The molecule has 0 saturated carbocycles. The van der Waals surface area contributed by atoms with Gasteiger partial charge in [0.15, 0.2) is 0 Å². The molecule has 1 aromatic carbocycles. The quantitative estimate of drug-likeness (QED) is 0.447. The molecule has 4 nitrogen and oxygen atoms in total. The average Bonchev–Trinajstić information content (AvgIpc) is 2.80. The van der Waals surface area contributed by atoms with E-state index in [0.717, 1.165) is 60.3 Å². The molecule has 1 fully saturated rings. The maximum atomic E-state index is 13.4. The van der Waals surface area contributed by atoms with E-state index in [1.54, 1.807) is 12.3 Å². The van der Waals surface area contributed by atoms with Crippen LogP contribution in [0.3, 0.4) is 0 Å². The number of aryl methyl sites for hydroxylation is 1. The van der Waals surface area contributed by atoms with Crippen LogP contribution in [0.5, 0.6) is 0 Å². The molecule has 31 heavy (non-hydrogen) atoms. The molecule has 6 heteroatoms. The summed E-state index contributed by atoms with van der Waals surface area (Å²) in [6.07, 6.45) is 7.30. The Morgan fingerprint density at radius 2 is 1.94 bits per heavy atom. The molecule has 1 aliphatic heterocycles. The monoisotopic (exact) mass is 439 g/mol. The van der Waals surface area contributed by atoms with Crippen LogP contribution in [-0.4, -0.2) is 23.2 Å². The zero-order valence-corrected chi connectivity index (χ0v) is 18.2. The van der Waals surface area contributed by atoms with Crippen LogP contribution >= 0.6 is 11.6 Å². The number of rotatable bonds is 8. The van der Waals surface area contributed by atoms with E-state index in [1.807, 2.05) is 30.3 Å². The van der Waals surface area contributed by atoms with Gasteiger partial charge in [0.1, 0.15) is 11.6 Å². The minimum Gasteiger partial charge on any atom is -0.381 e. The van der Waals surface area contributed by atoms with Crippen LogP contribution in [0.1, 0.15) is 36.9 Å². The van der Waals surface area contributed by atoms with Crippen molar-refractivity contribution in [3.8, 4) is 11.3 Å². The van der Waals surface area contributed by atoms with Crippen LogP contribution in [0.2, 0.25) is 5.02 Å². The van der Waals surface area contributed by atoms with Crippen molar-refractivity contribution in [2.75, 3.05) is 18.5 Å². The molecule has 0 radical (unpaired) electrons. The van der Waals surface area contributed by atoms with E-state index in [0.29, 0.717) is 11.6 Å². The highest BCUT2D eigenvalue weighted by Gasteiger charge is 2.14. The number of benzene rings is 1. The van der Waals surface area contributed by atoms with Crippen molar-refractivity contribution in [3.63, 3.8) is 0 Å². The molecule has 0 unspecified atom stereocenters. The van der Waals surface area contributed by atoms with Crippen LogP contribution in [0, 0.1) is 11.7 Å². The second kappa shape index (κ2) is 10.7. The first-order chi connectivity index (χ1) is 15.2. The molecular formula is C25H27ClFN3O. The Morgan fingerprint density at radius 3 is 2.77 bits per heavy atom. The highest BCUT2D eigenvalue weighted by atomic mass is 35.5. The van der Waals surface area contributed by atoms with Crippen LogP contribution in [0.4, 0.5) is 10.2 Å². The second-order valence-electron chi connectivity index (χ2n) is 8.00. The molecule has 1 aliphatic rings. The third kappa shape index (κ3) is 6.25. The number of anilines is 1. The lowest BCUT2D eigenvalue weighted by Crippen LogP contribution is -2.15. The Labute approximate surface area is 187 Å². The van der Waals surface area contributed by atoms with Crippen LogP contribution in [0.15, 0.2) is 54.7 Å². The number of ether oxygens (including phenoxy) is 1. The first-order valence-electron chi connectivity index (χ1n) is 10.9. The Bertz CT molecular complexity index is 1010. The van der Waals surface area contributed by atoms with Gasteiger partial charge in [0.25, 0.3) is 0 Å². The third-order valence-corrected chi connectivity index (χ3v) is 5.99. The molecular weight excluding hydrogens is 413 g/mol. The van der Waals surface area contributed by atoms with E-state index >= 15 is 0 Å². The van der Waals surface area contributed by atoms with Crippen molar-refractivity contribution >= 4 is 17.4 Å². The molecule has 4 rings (SSSR count). The number of hydrogen-bond donors (Lipinski definition) is 1. The van der Waals surface area contributed by atoms with Gasteiger partial charge < -0.3 is 10.1 Å². The minimum absolute atomic E-state index is 0.242. The van der Waals surface area contributed by atoms with E-state index in [2.05, 4.69) is 10.3 Å². The van der Waals surface area contributed by atoms with E-state index in [-0.39, 0.29) is 5.82 Å². The summed E-state index contributed by atoms with van der Waals surface area (Å²) < 4.78 is 18.8. The lowest BCUT2D eigenvalue weighted by Gasteiger charge is -2.21. The summed E-state index contributed by atoms with van der Waals surface area (Å²) in [5, 5.41) is 3.84. The van der Waals surface area contributed by atoms with Gasteiger partial charge >= 0.3 is 0 Å². The first kappa shape index (κ1) is 21.7. The second-order valence-corrected chi connectivity index (χ2v) is 8.40. The summed E-state index contributed by atoms with van der Waals surface area (Å²) in [4.78, 5) is 9.22. The summed E-state index contributed by atoms with van der Waals surface area (Å²) in [5.74, 6) is 1.24. The van der Waals surface area contributed by atoms with Gasteiger partial charge in [0, 0.05) is 37.2 Å². The molecule has 162 valence electrons. The number of halogens is 2. The first-order valence-corrected chi connectivity index (χ1v) is 11.2. The molecule has 1 N–H and O–H groups in total. The number of nitrogens with zero attached hydrogens (tertiary/aromatic N) is 2. The van der Waals surface area contributed by atoms with Crippen LogP contribution in [0.25, 0.3) is 11.3 Å². The standard InChI is InChI=1S/C25H27ClFN3O/c26-23-17-28-21(7-2-4-18-10-12-31-13-11-18)15-22(23)24-8-3-9-25(30-24)29-16-19-5-1-6-20(27)14-19/h1,3,5-6,8-9,14-15,17-18H,2,4,7,10-13,16H2,(H,29,30). The topological polar surface area (TPSA) is 47.0 Å².